The lowest BCUT2D eigenvalue weighted by molar-refractivity contribution is -0.0222. The molecule has 1 spiro atoms. The number of benzene rings is 1. The lowest BCUT2D eigenvalue weighted by Gasteiger charge is -2.35. The predicted molar refractivity (Wildman–Crippen MR) is 133 cm³/mol. The van der Waals surface area contributed by atoms with Gasteiger partial charge in [-0.1, -0.05) is 22.9 Å². The Morgan fingerprint density at radius 2 is 1.68 bits per heavy atom. The summed E-state index contributed by atoms with van der Waals surface area (Å²) in [6, 6.07) is 7.49. The monoisotopic (exact) mass is 533 g/mol. The van der Waals surface area contributed by atoms with Gasteiger partial charge in [-0.15, -0.1) is 0 Å². The number of alkyl halides is 2. The maximum Gasteiger partial charge on any atom is 0.258 e. The van der Waals surface area contributed by atoms with Crippen molar-refractivity contribution in [3.8, 4) is 0 Å². The minimum absolute atomic E-state index is 0.195. The van der Waals surface area contributed by atoms with Gasteiger partial charge in [-0.2, -0.15) is 4.98 Å². The maximum absolute atomic E-state index is 13.6. The zero-order valence-corrected chi connectivity index (χ0v) is 21.0. The molecule has 0 bridgehead atoms. The van der Waals surface area contributed by atoms with Gasteiger partial charge in [0.1, 0.15) is 5.82 Å². The van der Waals surface area contributed by atoms with E-state index in [1.165, 1.54) is 25.7 Å². The number of piperidine rings is 2. The van der Waals surface area contributed by atoms with Gasteiger partial charge in [0.15, 0.2) is 0 Å². The number of nitrogens with zero attached hydrogens (tertiary/aromatic N) is 4. The number of nitrogens with one attached hydrogen (secondary N) is 1. The van der Waals surface area contributed by atoms with E-state index in [0.717, 1.165) is 28.9 Å². The number of carbonyl (C=O) groups is 1. The molecule has 2 aliphatic heterocycles. The van der Waals surface area contributed by atoms with Crippen molar-refractivity contribution >= 4 is 39.3 Å². The molecule has 2 aromatic rings. The lowest BCUT2D eigenvalue weighted by atomic mass is 9.93. The molecule has 0 unspecified atom stereocenters. The fourth-order valence-electron chi connectivity index (χ4n) is 4.94. The average molecular weight is 534 g/mol. The first kappa shape index (κ1) is 23.5. The first-order chi connectivity index (χ1) is 16.3. The van der Waals surface area contributed by atoms with Gasteiger partial charge in [0, 0.05) is 55.3 Å². The van der Waals surface area contributed by atoms with Crippen molar-refractivity contribution in [1.29, 1.82) is 0 Å². The molecule has 3 heterocycles. The topological polar surface area (TPSA) is 61.4 Å². The fraction of sp³-hybridized carbons (Fsp3) is 0.560. The Bertz CT molecular complexity index is 1070. The molecule has 1 aliphatic carbocycles. The summed E-state index contributed by atoms with van der Waals surface area (Å²) in [5.74, 6) is -2.08. The second-order valence-electron chi connectivity index (χ2n) is 9.84. The van der Waals surface area contributed by atoms with Crippen molar-refractivity contribution in [3.63, 3.8) is 0 Å². The van der Waals surface area contributed by atoms with E-state index >= 15 is 0 Å². The van der Waals surface area contributed by atoms with Crippen LogP contribution in [-0.4, -0.2) is 48.0 Å². The fourth-order valence-corrected chi connectivity index (χ4v) is 5.29. The maximum atomic E-state index is 13.6. The van der Waals surface area contributed by atoms with Crippen LogP contribution in [0.2, 0.25) is 0 Å². The minimum Gasteiger partial charge on any atom is -0.371 e. The molecule has 1 amide bonds. The third-order valence-electron chi connectivity index (χ3n) is 7.48. The molecule has 0 atom stereocenters. The number of halogens is 3. The highest BCUT2D eigenvalue weighted by Crippen LogP contribution is 2.54. The van der Waals surface area contributed by atoms with Crippen molar-refractivity contribution < 1.29 is 13.6 Å². The Hall–Kier alpha value is -2.29. The smallest absolute Gasteiger partial charge is 0.258 e. The van der Waals surface area contributed by atoms with Crippen molar-refractivity contribution in [2.75, 3.05) is 41.3 Å². The van der Waals surface area contributed by atoms with Gasteiger partial charge in [0.25, 0.3) is 11.8 Å². The van der Waals surface area contributed by atoms with Crippen LogP contribution in [0.15, 0.2) is 28.7 Å². The summed E-state index contributed by atoms with van der Waals surface area (Å²) in [6.07, 6.45) is 5.23. The molecule has 3 fully saturated rings. The Balaban J connectivity index is 1.36. The molecule has 1 saturated carbocycles. The Kier molecular flexibility index (Phi) is 6.25. The van der Waals surface area contributed by atoms with Crippen LogP contribution in [0.5, 0.6) is 0 Å². The standard InChI is InChI=1S/C25H30BrF2N5O/c1-2-18-16-21(31-23(29-18)33-13-9-25(27,28)10-14-33)30-22(34)19-4-3-17(26)15-20(19)32-11-7-24(5-6-24)8-12-32/h3-4,15-16H,2,5-14H2,1H3,(H,29,30,31,34). The molecule has 6 nitrogen and oxygen atoms in total. The van der Waals surface area contributed by atoms with Crippen molar-refractivity contribution in [2.45, 2.75) is 57.8 Å². The molecule has 2 saturated heterocycles. The molecule has 1 aromatic carbocycles. The van der Waals surface area contributed by atoms with Crippen LogP contribution in [-0.2, 0) is 6.42 Å². The van der Waals surface area contributed by atoms with Crippen LogP contribution in [0.1, 0.15) is 61.5 Å². The number of amides is 1. The first-order valence-corrected chi connectivity index (χ1v) is 12.9. The molecular formula is C25H30BrF2N5O. The van der Waals surface area contributed by atoms with Gasteiger partial charge in [-0.3, -0.25) is 4.79 Å². The Morgan fingerprint density at radius 1 is 1.00 bits per heavy atom. The zero-order valence-electron chi connectivity index (χ0n) is 19.4. The normalized spacial score (nSPS) is 20.9. The first-order valence-electron chi connectivity index (χ1n) is 12.1. The number of hydrogen-bond donors (Lipinski definition) is 1. The van der Waals surface area contributed by atoms with E-state index in [1.807, 2.05) is 25.1 Å². The molecule has 1 aromatic heterocycles. The zero-order chi connectivity index (χ0) is 23.9. The molecular weight excluding hydrogens is 504 g/mol. The van der Waals surface area contributed by atoms with Gasteiger partial charge in [-0.25, -0.2) is 13.8 Å². The molecule has 9 heteroatoms. The largest absolute Gasteiger partial charge is 0.371 e. The van der Waals surface area contributed by atoms with Gasteiger partial charge in [0.05, 0.1) is 11.3 Å². The number of aryl methyl sites for hydroxylation is 1. The van der Waals surface area contributed by atoms with Gasteiger partial charge in [-0.05, 0) is 55.7 Å². The highest BCUT2D eigenvalue weighted by Gasteiger charge is 2.44. The van der Waals surface area contributed by atoms with Gasteiger partial charge in [0.2, 0.25) is 5.95 Å². The van der Waals surface area contributed by atoms with Crippen LogP contribution in [0.25, 0.3) is 0 Å². The van der Waals surface area contributed by atoms with E-state index in [1.54, 1.807) is 11.0 Å². The van der Waals surface area contributed by atoms with E-state index in [4.69, 9.17) is 0 Å². The Labute approximate surface area is 207 Å². The minimum atomic E-state index is -2.64. The van der Waals surface area contributed by atoms with Crippen LogP contribution < -0.4 is 15.1 Å². The second kappa shape index (κ2) is 9.06. The summed E-state index contributed by atoms with van der Waals surface area (Å²) in [6.45, 7) is 4.27. The van der Waals surface area contributed by atoms with Crippen molar-refractivity contribution in [1.82, 2.24) is 9.97 Å². The van der Waals surface area contributed by atoms with E-state index in [-0.39, 0.29) is 31.8 Å². The summed E-state index contributed by atoms with van der Waals surface area (Å²) >= 11 is 3.56. The van der Waals surface area contributed by atoms with E-state index in [0.29, 0.717) is 29.2 Å². The number of rotatable bonds is 5. The summed E-state index contributed by atoms with van der Waals surface area (Å²) < 4.78 is 28.2. The molecule has 0 radical (unpaired) electrons. The van der Waals surface area contributed by atoms with Crippen LogP contribution in [0.4, 0.5) is 26.2 Å². The molecule has 5 rings (SSSR count). The predicted octanol–water partition coefficient (Wildman–Crippen LogP) is 5.67. The number of anilines is 3. The summed E-state index contributed by atoms with van der Waals surface area (Å²) in [5.41, 5.74) is 2.84. The summed E-state index contributed by atoms with van der Waals surface area (Å²) in [7, 11) is 0. The summed E-state index contributed by atoms with van der Waals surface area (Å²) in [5, 5.41) is 2.95. The van der Waals surface area contributed by atoms with E-state index < -0.39 is 5.92 Å². The van der Waals surface area contributed by atoms with Crippen molar-refractivity contribution in [3.05, 3.63) is 40.0 Å². The van der Waals surface area contributed by atoms with Crippen LogP contribution >= 0.6 is 15.9 Å². The SMILES string of the molecule is CCc1cc(NC(=O)c2ccc(Br)cc2N2CCC3(CC2)CC3)nc(N2CCC(F)(F)CC2)n1. The van der Waals surface area contributed by atoms with E-state index in [2.05, 4.69) is 36.1 Å². The van der Waals surface area contributed by atoms with Gasteiger partial charge >= 0.3 is 0 Å². The third kappa shape index (κ3) is 5.04. The number of carbonyl (C=O) groups excluding carboxylic acids is 1. The molecule has 1 N–H and O–H groups in total. The Morgan fingerprint density at radius 3 is 2.32 bits per heavy atom. The quantitative estimate of drug-likeness (QED) is 0.536. The van der Waals surface area contributed by atoms with Gasteiger partial charge < -0.3 is 15.1 Å². The molecule has 182 valence electrons. The van der Waals surface area contributed by atoms with Crippen molar-refractivity contribution in [2.24, 2.45) is 5.41 Å². The number of aromatic nitrogens is 2. The number of hydrogen-bond acceptors (Lipinski definition) is 5. The summed E-state index contributed by atoms with van der Waals surface area (Å²) in [4.78, 5) is 26.5. The molecule has 3 aliphatic rings. The van der Waals surface area contributed by atoms with Crippen LogP contribution in [0.3, 0.4) is 0 Å². The highest BCUT2D eigenvalue weighted by atomic mass is 79.9. The second-order valence-corrected chi connectivity index (χ2v) is 10.8. The lowest BCUT2D eigenvalue weighted by Crippen LogP contribution is -2.40. The van der Waals surface area contributed by atoms with Crippen LogP contribution in [0, 0.1) is 5.41 Å². The molecule has 34 heavy (non-hydrogen) atoms. The third-order valence-corrected chi connectivity index (χ3v) is 7.97. The highest BCUT2D eigenvalue weighted by molar-refractivity contribution is 9.10. The average Bonchev–Trinajstić information content (AvgIpc) is 3.57. The van der Waals surface area contributed by atoms with E-state index in [9.17, 15) is 13.6 Å².